The number of anilines is 1. The zero-order valence-corrected chi connectivity index (χ0v) is 9.98. The molecule has 92 valence electrons. The average molecular weight is 235 g/mol. The number of esters is 1. The van der Waals surface area contributed by atoms with Crippen molar-refractivity contribution >= 4 is 11.7 Å². The monoisotopic (exact) mass is 235 g/mol. The summed E-state index contributed by atoms with van der Waals surface area (Å²) in [7, 11) is 0. The van der Waals surface area contributed by atoms with Gasteiger partial charge in [0.05, 0.1) is 6.61 Å². The van der Waals surface area contributed by atoms with E-state index in [-0.39, 0.29) is 11.3 Å². The molecule has 1 aromatic rings. The highest BCUT2D eigenvalue weighted by Crippen LogP contribution is 2.27. The first kappa shape index (κ1) is 11.8. The molecule has 0 saturated carbocycles. The zero-order chi connectivity index (χ0) is 12.3. The molecule has 1 heterocycles. The normalized spacial score (nSPS) is 15.0. The Hall–Kier alpha value is -1.71. The Balaban J connectivity index is 2.19. The molecular formula is C13H17NO3. The smallest absolute Gasteiger partial charge is 0.341 e. The minimum atomic E-state index is -0.474. The number of benzene rings is 1. The second kappa shape index (κ2) is 5.08. The Bertz CT molecular complexity index is 411. The highest BCUT2D eigenvalue weighted by atomic mass is 16.5. The van der Waals surface area contributed by atoms with Gasteiger partial charge in [-0.2, -0.15) is 0 Å². The number of aromatic hydroxyl groups is 1. The van der Waals surface area contributed by atoms with Crippen molar-refractivity contribution in [3.8, 4) is 5.75 Å². The van der Waals surface area contributed by atoms with Gasteiger partial charge in [-0.3, -0.25) is 0 Å². The van der Waals surface area contributed by atoms with E-state index in [0.717, 1.165) is 18.8 Å². The third-order valence-corrected chi connectivity index (χ3v) is 2.95. The van der Waals surface area contributed by atoms with Crippen LogP contribution in [0.25, 0.3) is 0 Å². The van der Waals surface area contributed by atoms with Crippen LogP contribution in [0, 0.1) is 0 Å². The number of carbonyl (C=O) groups is 1. The first-order valence-corrected chi connectivity index (χ1v) is 5.97. The summed E-state index contributed by atoms with van der Waals surface area (Å²) in [6, 6.07) is 5.12. The van der Waals surface area contributed by atoms with Crippen molar-refractivity contribution < 1.29 is 14.6 Å². The number of nitrogens with zero attached hydrogens (tertiary/aromatic N) is 1. The van der Waals surface area contributed by atoms with Crippen molar-refractivity contribution in [2.24, 2.45) is 0 Å². The van der Waals surface area contributed by atoms with Gasteiger partial charge in [0.2, 0.25) is 0 Å². The molecule has 1 N–H and O–H groups in total. The van der Waals surface area contributed by atoms with Crippen LogP contribution in [0.15, 0.2) is 18.2 Å². The van der Waals surface area contributed by atoms with Crippen molar-refractivity contribution in [1.29, 1.82) is 0 Å². The van der Waals surface area contributed by atoms with E-state index < -0.39 is 5.97 Å². The lowest BCUT2D eigenvalue weighted by molar-refractivity contribution is 0.0523. The second-order valence-corrected chi connectivity index (χ2v) is 4.12. The predicted molar refractivity (Wildman–Crippen MR) is 65.5 cm³/mol. The molecule has 1 aromatic carbocycles. The lowest BCUT2D eigenvalue weighted by atomic mass is 10.1. The fourth-order valence-corrected chi connectivity index (χ4v) is 2.07. The number of hydrogen-bond acceptors (Lipinski definition) is 4. The van der Waals surface area contributed by atoms with E-state index in [1.807, 2.05) is 6.07 Å². The van der Waals surface area contributed by atoms with Crippen LogP contribution in [-0.4, -0.2) is 30.8 Å². The van der Waals surface area contributed by atoms with Gasteiger partial charge in [-0.05, 0) is 31.9 Å². The summed E-state index contributed by atoms with van der Waals surface area (Å²) in [4.78, 5) is 13.7. The van der Waals surface area contributed by atoms with E-state index in [1.165, 1.54) is 12.8 Å². The van der Waals surface area contributed by atoms with Crippen LogP contribution in [0.5, 0.6) is 5.75 Å². The standard InChI is InChI=1S/C13H17NO3/c1-2-17-13(16)11-6-5-10(9-12(11)15)14-7-3-4-8-14/h5-6,9,15H,2-4,7-8H2,1H3. The van der Waals surface area contributed by atoms with Crippen molar-refractivity contribution in [1.82, 2.24) is 0 Å². The fourth-order valence-electron chi connectivity index (χ4n) is 2.07. The van der Waals surface area contributed by atoms with Gasteiger partial charge in [-0.15, -0.1) is 0 Å². The first-order chi connectivity index (χ1) is 8.22. The van der Waals surface area contributed by atoms with E-state index in [1.54, 1.807) is 19.1 Å². The largest absolute Gasteiger partial charge is 0.507 e. The summed E-state index contributed by atoms with van der Waals surface area (Å²) in [5, 5.41) is 9.82. The molecule has 4 heteroatoms. The Morgan fingerprint density at radius 2 is 2.12 bits per heavy atom. The summed E-state index contributed by atoms with van der Waals surface area (Å²) in [5.74, 6) is -0.481. The quantitative estimate of drug-likeness (QED) is 0.816. The third kappa shape index (κ3) is 2.52. The van der Waals surface area contributed by atoms with Crippen LogP contribution in [0.1, 0.15) is 30.1 Å². The maximum atomic E-state index is 11.5. The second-order valence-electron chi connectivity index (χ2n) is 4.12. The average Bonchev–Trinajstić information content (AvgIpc) is 2.82. The van der Waals surface area contributed by atoms with Gasteiger partial charge in [0.1, 0.15) is 11.3 Å². The van der Waals surface area contributed by atoms with Gasteiger partial charge in [0.25, 0.3) is 0 Å². The highest BCUT2D eigenvalue weighted by Gasteiger charge is 2.16. The predicted octanol–water partition coefficient (Wildman–Crippen LogP) is 2.17. The molecule has 0 amide bonds. The Morgan fingerprint density at radius 3 is 2.71 bits per heavy atom. The van der Waals surface area contributed by atoms with Crippen LogP contribution in [0.4, 0.5) is 5.69 Å². The van der Waals surface area contributed by atoms with E-state index >= 15 is 0 Å². The molecule has 2 rings (SSSR count). The summed E-state index contributed by atoms with van der Waals surface area (Å²) in [5.41, 5.74) is 1.20. The van der Waals surface area contributed by atoms with Gasteiger partial charge < -0.3 is 14.7 Å². The number of phenolic OH excluding ortho intramolecular Hbond substituents is 1. The molecule has 1 aliphatic rings. The maximum absolute atomic E-state index is 11.5. The maximum Gasteiger partial charge on any atom is 0.341 e. The van der Waals surface area contributed by atoms with Crippen LogP contribution in [0.2, 0.25) is 0 Å². The minimum Gasteiger partial charge on any atom is -0.507 e. The van der Waals surface area contributed by atoms with E-state index in [9.17, 15) is 9.90 Å². The van der Waals surface area contributed by atoms with Crippen LogP contribution in [0.3, 0.4) is 0 Å². The van der Waals surface area contributed by atoms with E-state index in [2.05, 4.69) is 4.90 Å². The SMILES string of the molecule is CCOC(=O)c1ccc(N2CCCC2)cc1O. The number of hydrogen-bond donors (Lipinski definition) is 1. The summed E-state index contributed by atoms with van der Waals surface area (Å²) < 4.78 is 4.86. The summed E-state index contributed by atoms with van der Waals surface area (Å²) in [6.45, 7) is 4.08. The van der Waals surface area contributed by atoms with Crippen molar-refractivity contribution in [3.05, 3.63) is 23.8 Å². The molecule has 1 fully saturated rings. The highest BCUT2D eigenvalue weighted by molar-refractivity contribution is 5.93. The lowest BCUT2D eigenvalue weighted by Crippen LogP contribution is -2.17. The van der Waals surface area contributed by atoms with Crippen molar-refractivity contribution in [2.45, 2.75) is 19.8 Å². The molecule has 1 saturated heterocycles. The van der Waals surface area contributed by atoms with Crippen molar-refractivity contribution in [3.63, 3.8) is 0 Å². The topological polar surface area (TPSA) is 49.8 Å². The molecule has 0 aliphatic carbocycles. The molecule has 0 spiro atoms. The number of ether oxygens (including phenoxy) is 1. The van der Waals surface area contributed by atoms with Gasteiger partial charge in [-0.25, -0.2) is 4.79 Å². The van der Waals surface area contributed by atoms with Gasteiger partial charge >= 0.3 is 5.97 Å². The number of rotatable bonds is 3. The molecule has 0 bridgehead atoms. The molecule has 17 heavy (non-hydrogen) atoms. The Kier molecular flexibility index (Phi) is 3.52. The number of carbonyl (C=O) groups excluding carboxylic acids is 1. The van der Waals surface area contributed by atoms with Crippen molar-refractivity contribution in [2.75, 3.05) is 24.6 Å². The van der Waals surface area contributed by atoms with E-state index in [4.69, 9.17) is 4.74 Å². The molecule has 0 atom stereocenters. The fraction of sp³-hybridized carbons (Fsp3) is 0.462. The molecule has 4 nitrogen and oxygen atoms in total. The lowest BCUT2D eigenvalue weighted by Gasteiger charge is -2.18. The van der Waals surface area contributed by atoms with Gasteiger partial charge in [0.15, 0.2) is 0 Å². The summed E-state index contributed by atoms with van der Waals surface area (Å²) >= 11 is 0. The molecule has 0 radical (unpaired) electrons. The van der Waals surface area contributed by atoms with Gasteiger partial charge in [-0.1, -0.05) is 0 Å². The number of phenols is 1. The van der Waals surface area contributed by atoms with E-state index in [0.29, 0.717) is 6.61 Å². The zero-order valence-electron chi connectivity index (χ0n) is 9.98. The molecule has 1 aliphatic heterocycles. The summed E-state index contributed by atoms with van der Waals surface area (Å²) in [6.07, 6.45) is 2.36. The Labute approximate surface area is 101 Å². The van der Waals surface area contributed by atoms with Crippen LogP contribution < -0.4 is 4.90 Å². The first-order valence-electron chi connectivity index (χ1n) is 5.97. The minimum absolute atomic E-state index is 0.00662. The molecule has 0 unspecified atom stereocenters. The van der Waals surface area contributed by atoms with Gasteiger partial charge in [0, 0.05) is 24.8 Å². The molecule has 0 aromatic heterocycles. The third-order valence-electron chi connectivity index (χ3n) is 2.95. The van der Waals surface area contributed by atoms with Crippen LogP contribution >= 0.6 is 0 Å². The van der Waals surface area contributed by atoms with Crippen LogP contribution in [-0.2, 0) is 4.74 Å². The Morgan fingerprint density at radius 1 is 1.41 bits per heavy atom. The molecular weight excluding hydrogens is 218 g/mol.